The van der Waals surface area contributed by atoms with Crippen LogP contribution >= 0.6 is 0 Å². The van der Waals surface area contributed by atoms with Gasteiger partial charge in [-0.3, -0.25) is 9.63 Å². The Morgan fingerprint density at radius 3 is 2.75 bits per heavy atom. The molecule has 16 heavy (non-hydrogen) atoms. The number of anilines is 1. The molecule has 0 spiro atoms. The van der Waals surface area contributed by atoms with Gasteiger partial charge >= 0.3 is 0 Å². The Hall–Kier alpha value is -1.55. The number of carbonyl (C=O) groups excluding carboxylic acids is 1. The van der Waals surface area contributed by atoms with E-state index in [1.54, 1.807) is 18.2 Å². The molecule has 0 aliphatic rings. The average Bonchev–Trinajstić information content (AvgIpc) is 2.21. The predicted molar refractivity (Wildman–Crippen MR) is 63.8 cm³/mol. The maximum Gasteiger partial charge on any atom is 0.274 e. The monoisotopic (exact) mass is 222 g/mol. The Bertz CT molecular complexity index is 375. The summed E-state index contributed by atoms with van der Waals surface area (Å²) in [6.45, 7) is 6.39. The minimum atomic E-state index is -0.247. The van der Waals surface area contributed by atoms with Gasteiger partial charge in [0.15, 0.2) is 0 Å². The lowest BCUT2D eigenvalue weighted by molar-refractivity contribution is 0.0208. The fourth-order valence-corrected chi connectivity index (χ4v) is 1.15. The number of nitrogens with two attached hydrogens (primary N) is 1. The molecular formula is C12H18N2O2. The van der Waals surface area contributed by atoms with Crippen LogP contribution in [-0.4, -0.2) is 12.5 Å². The summed E-state index contributed by atoms with van der Waals surface area (Å²) in [4.78, 5) is 16.7. The van der Waals surface area contributed by atoms with E-state index in [1.807, 2.05) is 20.8 Å². The molecule has 1 aromatic carbocycles. The molecule has 0 bridgehead atoms. The molecular weight excluding hydrogens is 204 g/mol. The van der Waals surface area contributed by atoms with Crippen LogP contribution < -0.4 is 11.2 Å². The number of hydrogen-bond acceptors (Lipinski definition) is 3. The van der Waals surface area contributed by atoms with Gasteiger partial charge in [0.2, 0.25) is 0 Å². The summed E-state index contributed by atoms with van der Waals surface area (Å²) in [7, 11) is 0. The summed E-state index contributed by atoms with van der Waals surface area (Å²) < 4.78 is 0. The van der Waals surface area contributed by atoms with Gasteiger partial charge < -0.3 is 5.73 Å². The van der Waals surface area contributed by atoms with Crippen LogP contribution in [0, 0.1) is 12.8 Å². The van der Waals surface area contributed by atoms with Crippen molar-refractivity contribution in [1.29, 1.82) is 0 Å². The molecule has 1 amide bonds. The first-order valence-electron chi connectivity index (χ1n) is 5.29. The fraction of sp³-hybridized carbons (Fsp3) is 0.417. The van der Waals surface area contributed by atoms with Crippen LogP contribution in [0.5, 0.6) is 0 Å². The van der Waals surface area contributed by atoms with Crippen molar-refractivity contribution in [3.63, 3.8) is 0 Å². The molecule has 0 radical (unpaired) electrons. The van der Waals surface area contributed by atoms with E-state index in [0.717, 1.165) is 5.56 Å². The summed E-state index contributed by atoms with van der Waals surface area (Å²) in [5.41, 5.74) is 10.2. The smallest absolute Gasteiger partial charge is 0.274 e. The zero-order chi connectivity index (χ0) is 12.1. The van der Waals surface area contributed by atoms with E-state index in [9.17, 15) is 4.79 Å². The van der Waals surface area contributed by atoms with Crippen LogP contribution in [-0.2, 0) is 4.84 Å². The van der Waals surface area contributed by atoms with Gasteiger partial charge in [-0.05, 0) is 36.6 Å². The second kappa shape index (κ2) is 5.51. The van der Waals surface area contributed by atoms with E-state index in [-0.39, 0.29) is 5.91 Å². The van der Waals surface area contributed by atoms with Crippen molar-refractivity contribution in [2.24, 2.45) is 5.92 Å². The summed E-state index contributed by atoms with van der Waals surface area (Å²) in [5.74, 6) is 0.136. The molecule has 0 aromatic heterocycles. The minimum Gasteiger partial charge on any atom is -0.399 e. The summed E-state index contributed by atoms with van der Waals surface area (Å²) in [6.07, 6.45) is 0. The van der Waals surface area contributed by atoms with E-state index in [0.29, 0.717) is 23.8 Å². The largest absolute Gasteiger partial charge is 0.399 e. The van der Waals surface area contributed by atoms with Crippen LogP contribution in [0.2, 0.25) is 0 Å². The summed E-state index contributed by atoms with van der Waals surface area (Å²) >= 11 is 0. The van der Waals surface area contributed by atoms with Gasteiger partial charge in [0, 0.05) is 11.3 Å². The number of benzene rings is 1. The van der Waals surface area contributed by atoms with Crippen molar-refractivity contribution in [2.45, 2.75) is 20.8 Å². The molecule has 0 unspecified atom stereocenters. The number of amides is 1. The molecule has 0 heterocycles. The molecule has 4 nitrogen and oxygen atoms in total. The highest BCUT2D eigenvalue weighted by molar-refractivity contribution is 5.94. The van der Waals surface area contributed by atoms with E-state index in [1.165, 1.54) is 0 Å². The molecule has 3 N–H and O–H groups in total. The second-order valence-electron chi connectivity index (χ2n) is 4.21. The normalized spacial score (nSPS) is 10.5. The van der Waals surface area contributed by atoms with Crippen LogP contribution in [0.25, 0.3) is 0 Å². The Kier molecular flexibility index (Phi) is 4.31. The lowest BCUT2D eigenvalue weighted by atomic mass is 10.1. The first-order valence-corrected chi connectivity index (χ1v) is 5.29. The van der Waals surface area contributed by atoms with E-state index in [4.69, 9.17) is 10.6 Å². The highest BCUT2D eigenvalue weighted by atomic mass is 16.6. The minimum absolute atomic E-state index is 0.247. The third-order valence-corrected chi connectivity index (χ3v) is 2.11. The molecule has 0 aliphatic carbocycles. The molecule has 0 saturated carbocycles. The third-order valence-electron chi connectivity index (χ3n) is 2.11. The molecule has 88 valence electrons. The first kappa shape index (κ1) is 12.5. The number of hydrogen-bond donors (Lipinski definition) is 2. The van der Waals surface area contributed by atoms with Gasteiger partial charge in [-0.25, -0.2) is 5.48 Å². The van der Waals surface area contributed by atoms with Crippen LogP contribution in [0.4, 0.5) is 5.69 Å². The van der Waals surface area contributed by atoms with Crippen molar-refractivity contribution in [2.75, 3.05) is 12.3 Å². The van der Waals surface area contributed by atoms with Gasteiger partial charge in [-0.1, -0.05) is 13.8 Å². The van der Waals surface area contributed by atoms with Crippen molar-refractivity contribution >= 4 is 11.6 Å². The lowest BCUT2D eigenvalue weighted by Gasteiger charge is -2.08. The van der Waals surface area contributed by atoms with Gasteiger partial charge in [-0.2, -0.15) is 0 Å². The van der Waals surface area contributed by atoms with Crippen molar-refractivity contribution < 1.29 is 9.63 Å². The average molecular weight is 222 g/mol. The first-order chi connectivity index (χ1) is 7.50. The molecule has 1 aromatic rings. The maximum atomic E-state index is 11.6. The van der Waals surface area contributed by atoms with Gasteiger partial charge in [0.1, 0.15) is 0 Å². The molecule has 1 rings (SSSR count). The van der Waals surface area contributed by atoms with Gasteiger partial charge in [-0.15, -0.1) is 0 Å². The van der Waals surface area contributed by atoms with E-state index >= 15 is 0 Å². The number of carbonyl (C=O) groups is 1. The van der Waals surface area contributed by atoms with E-state index < -0.39 is 0 Å². The zero-order valence-corrected chi connectivity index (χ0v) is 9.91. The van der Waals surface area contributed by atoms with Crippen molar-refractivity contribution in [3.8, 4) is 0 Å². The standard InChI is InChI=1S/C12H18N2O2/c1-8(2)7-16-14-12(15)10-4-5-11(13)9(3)6-10/h4-6,8H,7,13H2,1-3H3,(H,14,15). The maximum absolute atomic E-state index is 11.6. The van der Waals surface area contributed by atoms with Crippen LogP contribution in [0.3, 0.4) is 0 Å². The highest BCUT2D eigenvalue weighted by Gasteiger charge is 2.06. The SMILES string of the molecule is Cc1cc(C(=O)NOCC(C)C)ccc1N. The molecule has 4 heteroatoms. The summed E-state index contributed by atoms with van der Waals surface area (Å²) in [5, 5.41) is 0. The Morgan fingerprint density at radius 2 is 2.19 bits per heavy atom. The molecule has 0 aliphatic heterocycles. The third kappa shape index (κ3) is 3.55. The van der Waals surface area contributed by atoms with Crippen molar-refractivity contribution in [1.82, 2.24) is 5.48 Å². The molecule has 0 saturated heterocycles. The molecule has 0 atom stereocenters. The quantitative estimate of drug-likeness (QED) is 0.604. The number of nitrogen functional groups attached to an aromatic ring is 1. The zero-order valence-electron chi connectivity index (χ0n) is 9.91. The number of aryl methyl sites for hydroxylation is 1. The Morgan fingerprint density at radius 1 is 1.50 bits per heavy atom. The topological polar surface area (TPSA) is 64.3 Å². The summed E-state index contributed by atoms with van der Waals surface area (Å²) in [6, 6.07) is 5.13. The molecule has 0 fully saturated rings. The Labute approximate surface area is 95.7 Å². The second-order valence-corrected chi connectivity index (χ2v) is 4.21. The fourth-order valence-electron chi connectivity index (χ4n) is 1.15. The van der Waals surface area contributed by atoms with Crippen LogP contribution in [0.1, 0.15) is 29.8 Å². The lowest BCUT2D eigenvalue weighted by Crippen LogP contribution is -2.25. The van der Waals surface area contributed by atoms with E-state index in [2.05, 4.69) is 5.48 Å². The number of hydroxylamine groups is 1. The van der Waals surface area contributed by atoms with Crippen molar-refractivity contribution in [3.05, 3.63) is 29.3 Å². The number of nitrogens with one attached hydrogen (secondary N) is 1. The number of rotatable bonds is 4. The Balaban J connectivity index is 2.56. The van der Waals surface area contributed by atoms with Crippen LogP contribution in [0.15, 0.2) is 18.2 Å². The van der Waals surface area contributed by atoms with Gasteiger partial charge in [0.25, 0.3) is 5.91 Å². The predicted octanol–water partition coefficient (Wildman–Crippen LogP) is 1.89. The highest BCUT2D eigenvalue weighted by Crippen LogP contribution is 2.12. The van der Waals surface area contributed by atoms with Gasteiger partial charge in [0.05, 0.1) is 6.61 Å².